The van der Waals surface area contributed by atoms with Gasteiger partial charge in [0.1, 0.15) is 4.88 Å². The van der Waals surface area contributed by atoms with E-state index in [2.05, 4.69) is 15.8 Å². The van der Waals surface area contributed by atoms with Crippen molar-refractivity contribution < 1.29 is 9.59 Å². The first-order chi connectivity index (χ1) is 15.0. The fourth-order valence-corrected chi connectivity index (χ4v) is 5.22. The van der Waals surface area contributed by atoms with Gasteiger partial charge in [0.25, 0.3) is 5.91 Å². The number of rotatable bonds is 5. The van der Waals surface area contributed by atoms with Crippen LogP contribution in [0.3, 0.4) is 0 Å². The van der Waals surface area contributed by atoms with Crippen molar-refractivity contribution in [1.82, 2.24) is 5.43 Å². The van der Waals surface area contributed by atoms with Gasteiger partial charge < -0.3 is 5.32 Å². The summed E-state index contributed by atoms with van der Waals surface area (Å²) in [6.07, 6.45) is 5.43. The number of halogens is 1. The molecule has 7 heteroatoms. The Labute approximate surface area is 190 Å². The highest BCUT2D eigenvalue weighted by molar-refractivity contribution is 7.21. The van der Waals surface area contributed by atoms with Crippen molar-refractivity contribution in [3.05, 3.63) is 64.0 Å². The lowest BCUT2D eigenvalue weighted by molar-refractivity contribution is -0.120. The highest BCUT2D eigenvalue weighted by Gasteiger charge is 2.21. The normalized spacial score (nSPS) is 15.1. The maximum absolute atomic E-state index is 12.6. The van der Waals surface area contributed by atoms with Crippen LogP contribution in [-0.4, -0.2) is 17.5 Å². The Balaban J connectivity index is 1.39. The minimum Gasteiger partial charge on any atom is -0.326 e. The summed E-state index contributed by atoms with van der Waals surface area (Å²) in [6.45, 7) is 1.82. The lowest BCUT2D eigenvalue weighted by atomic mass is 9.88. The summed E-state index contributed by atoms with van der Waals surface area (Å²) in [4.78, 5) is 25.4. The lowest BCUT2D eigenvalue weighted by Crippen LogP contribution is -2.24. The van der Waals surface area contributed by atoms with E-state index < -0.39 is 0 Å². The number of fused-ring (bicyclic) bond motifs is 1. The largest absolute Gasteiger partial charge is 0.326 e. The first kappa shape index (κ1) is 21.5. The van der Waals surface area contributed by atoms with Gasteiger partial charge in [-0.1, -0.05) is 61.2 Å². The summed E-state index contributed by atoms with van der Waals surface area (Å²) in [5.74, 6) is -0.111. The summed E-state index contributed by atoms with van der Waals surface area (Å²) in [6, 6.07) is 15.1. The number of hydrogen-bond donors (Lipinski definition) is 2. The average molecular weight is 454 g/mol. The molecule has 5 nitrogen and oxygen atoms in total. The molecule has 0 bridgehead atoms. The average Bonchev–Trinajstić information content (AvgIpc) is 3.15. The van der Waals surface area contributed by atoms with Crippen molar-refractivity contribution in [2.45, 2.75) is 39.0 Å². The third-order valence-electron chi connectivity index (χ3n) is 5.61. The molecule has 0 aliphatic heterocycles. The Bertz CT molecular complexity index is 1130. The molecule has 0 saturated heterocycles. The standard InChI is InChI=1S/C24H24ClN3O2S/c1-15(27-28-24(30)22-21(25)19-9-5-6-10-20(19)31-22)16-11-13-18(14-12-16)26-23(29)17-7-3-2-4-8-17/h5-6,9-14,17H,2-4,7-8H2,1H3,(H,26,29)(H,28,30)/b27-15-. The lowest BCUT2D eigenvalue weighted by Gasteiger charge is -2.20. The molecule has 2 N–H and O–H groups in total. The van der Waals surface area contributed by atoms with Crippen molar-refractivity contribution in [3.8, 4) is 0 Å². The molecule has 3 aromatic rings. The molecule has 1 fully saturated rings. The van der Waals surface area contributed by atoms with E-state index in [0.29, 0.717) is 15.6 Å². The predicted octanol–water partition coefficient (Wildman–Crippen LogP) is 6.23. The Morgan fingerprint density at radius 1 is 1.03 bits per heavy atom. The molecule has 0 radical (unpaired) electrons. The quantitative estimate of drug-likeness (QED) is 0.355. The van der Waals surface area contributed by atoms with Crippen molar-refractivity contribution in [3.63, 3.8) is 0 Å². The van der Waals surface area contributed by atoms with Crippen LogP contribution in [0.1, 0.15) is 54.3 Å². The number of carbonyl (C=O) groups excluding carboxylic acids is 2. The van der Waals surface area contributed by atoms with Gasteiger partial charge in [-0.25, -0.2) is 5.43 Å². The number of amides is 2. The second-order valence-electron chi connectivity index (χ2n) is 7.78. The number of nitrogens with one attached hydrogen (secondary N) is 2. The minimum absolute atomic E-state index is 0.102. The zero-order chi connectivity index (χ0) is 21.8. The molecule has 0 spiro atoms. The maximum Gasteiger partial charge on any atom is 0.283 e. The summed E-state index contributed by atoms with van der Waals surface area (Å²) < 4.78 is 0.962. The number of hydrazone groups is 1. The van der Waals surface area contributed by atoms with E-state index in [1.54, 1.807) is 0 Å². The van der Waals surface area contributed by atoms with Crippen LogP contribution < -0.4 is 10.7 Å². The second-order valence-corrected chi connectivity index (χ2v) is 9.21. The number of benzene rings is 2. The predicted molar refractivity (Wildman–Crippen MR) is 128 cm³/mol. The first-order valence-corrected chi connectivity index (χ1v) is 11.7. The van der Waals surface area contributed by atoms with Gasteiger partial charge in [-0.2, -0.15) is 5.10 Å². The van der Waals surface area contributed by atoms with Gasteiger partial charge in [-0.05, 0) is 43.5 Å². The van der Waals surface area contributed by atoms with Gasteiger partial charge in [0.05, 0.1) is 10.7 Å². The first-order valence-electron chi connectivity index (χ1n) is 10.5. The summed E-state index contributed by atoms with van der Waals surface area (Å²) in [5, 5.41) is 8.55. The number of carbonyl (C=O) groups is 2. The SMILES string of the molecule is C/C(=N/NC(=O)c1sc2ccccc2c1Cl)c1ccc(NC(=O)C2CCCCC2)cc1. The van der Waals surface area contributed by atoms with Crippen molar-refractivity contribution in [2.75, 3.05) is 5.32 Å². The van der Waals surface area contributed by atoms with Gasteiger partial charge in [-0.3, -0.25) is 9.59 Å². The van der Waals surface area contributed by atoms with Gasteiger partial charge in [0.15, 0.2) is 0 Å². The van der Waals surface area contributed by atoms with E-state index in [-0.39, 0.29) is 17.7 Å². The van der Waals surface area contributed by atoms with E-state index in [1.165, 1.54) is 17.8 Å². The Hall–Kier alpha value is -2.70. The zero-order valence-corrected chi connectivity index (χ0v) is 18.9. The molecule has 0 unspecified atom stereocenters. The van der Waals surface area contributed by atoms with E-state index >= 15 is 0 Å². The van der Waals surface area contributed by atoms with E-state index in [4.69, 9.17) is 11.6 Å². The Morgan fingerprint density at radius 2 is 1.74 bits per heavy atom. The van der Waals surface area contributed by atoms with Crippen LogP contribution in [0, 0.1) is 5.92 Å². The molecular weight excluding hydrogens is 430 g/mol. The number of hydrogen-bond acceptors (Lipinski definition) is 4. The van der Waals surface area contributed by atoms with Crippen LogP contribution in [0.5, 0.6) is 0 Å². The molecule has 1 saturated carbocycles. The number of anilines is 1. The van der Waals surface area contributed by atoms with Crippen LogP contribution in [0.4, 0.5) is 5.69 Å². The van der Waals surface area contributed by atoms with Gasteiger partial charge >= 0.3 is 0 Å². The van der Waals surface area contributed by atoms with Gasteiger partial charge in [0.2, 0.25) is 5.91 Å². The fraction of sp³-hybridized carbons (Fsp3) is 0.292. The zero-order valence-electron chi connectivity index (χ0n) is 17.3. The molecule has 1 aliphatic rings. The van der Waals surface area contributed by atoms with Crippen LogP contribution in [0.15, 0.2) is 53.6 Å². The molecular formula is C24H24ClN3O2S. The summed E-state index contributed by atoms with van der Waals surface area (Å²) in [7, 11) is 0. The van der Waals surface area contributed by atoms with Crippen molar-refractivity contribution in [2.24, 2.45) is 11.0 Å². The summed E-state index contributed by atoms with van der Waals surface area (Å²) >= 11 is 7.71. The molecule has 2 aromatic carbocycles. The van der Waals surface area contributed by atoms with Crippen molar-refractivity contribution in [1.29, 1.82) is 0 Å². The minimum atomic E-state index is -0.332. The van der Waals surface area contributed by atoms with Crippen LogP contribution in [0.25, 0.3) is 10.1 Å². The van der Waals surface area contributed by atoms with Crippen LogP contribution >= 0.6 is 22.9 Å². The molecule has 31 heavy (non-hydrogen) atoms. The number of nitrogens with zero attached hydrogens (tertiary/aromatic N) is 1. The molecule has 0 atom stereocenters. The van der Waals surface area contributed by atoms with E-state index in [0.717, 1.165) is 47.0 Å². The smallest absolute Gasteiger partial charge is 0.283 e. The van der Waals surface area contributed by atoms with E-state index in [1.807, 2.05) is 55.5 Å². The molecule has 4 rings (SSSR count). The third kappa shape index (κ3) is 4.97. The molecule has 160 valence electrons. The topological polar surface area (TPSA) is 70.6 Å². The maximum atomic E-state index is 12.6. The Kier molecular flexibility index (Phi) is 6.68. The van der Waals surface area contributed by atoms with E-state index in [9.17, 15) is 9.59 Å². The van der Waals surface area contributed by atoms with Gasteiger partial charge in [0, 0.05) is 21.7 Å². The van der Waals surface area contributed by atoms with Crippen LogP contribution in [-0.2, 0) is 4.79 Å². The number of thiophene rings is 1. The monoisotopic (exact) mass is 453 g/mol. The highest BCUT2D eigenvalue weighted by Crippen LogP contribution is 2.35. The Morgan fingerprint density at radius 3 is 2.45 bits per heavy atom. The highest BCUT2D eigenvalue weighted by atomic mass is 35.5. The second kappa shape index (κ2) is 9.62. The third-order valence-corrected chi connectivity index (χ3v) is 7.29. The molecule has 2 amide bonds. The molecule has 1 aromatic heterocycles. The molecule has 1 heterocycles. The molecule has 1 aliphatic carbocycles. The van der Waals surface area contributed by atoms with Crippen LogP contribution in [0.2, 0.25) is 5.02 Å². The fourth-order valence-electron chi connectivity index (χ4n) is 3.81. The van der Waals surface area contributed by atoms with Gasteiger partial charge in [-0.15, -0.1) is 11.3 Å². The summed E-state index contributed by atoms with van der Waals surface area (Å²) in [5.41, 5.74) is 4.89. The van der Waals surface area contributed by atoms with Crippen molar-refractivity contribution >= 4 is 56.2 Å².